The summed E-state index contributed by atoms with van der Waals surface area (Å²) in [5.74, 6) is 0.390. The first-order valence-electron chi connectivity index (χ1n) is 8.97. The minimum absolute atomic E-state index is 0.0155. The first-order valence-corrected chi connectivity index (χ1v) is 9.84. The average Bonchev–Trinajstić information content (AvgIpc) is 3.31. The molecule has 0 unspecified atom stereocenters. The van der Waals surface area contributed by atoms with Crippen molar-refractivity contribution in [2.75, 3.05) is 0 Å². The first kappa shape index (κ1) is 17.7. The summed E-state index contributed by atoms with van der Waals surface area (Å²) in [6.45, 7) is 0. The zero-order valence-corrected chi connectivity index (χ0v) is 15.5. The maximum absolute atomic E-state index is 12.8. The second-order valence-corrected chi connectivity index (χ2v) is 7.73. The number of rotatable bonds is 5. The summed E-state index contributed by atoms with van der Waals surface area (Å²) in [6, 6.07) is 9.43. The van der Waals surface area contributed by atoms with Crippen LogP contribution in [0.4, 0.5) is 0 Å². The van der Waals surface area contributed by atoms with Gasteiger partial charge in [-0.15, -0.1) is 5.10 Å². The van der Waals surface area contributed by atoms with Crippen LogP contribution in [0.15, 0.2) is 51.2 Å². The highest BCUT2D eigenvalue weighted by Gasteiger charge is 2.33. The fourth-order valence-corrected chi connectivity index (χ4v) is 4.33. The lowest BCUT2D eigenvalue weighted by Crippen LogP contribution is -2.26. The zero-order chi connectivity index (χ0) is 18.6. The van der Waals surface area contributed by atoms with E-state index in [1.807, 2.05) is 12.1 Å². The third-order valence-corrected chi connectivity index (χ3v) is 5.79. The van der Waals surface area contributed by atoms with E-state index in [2.05, 4.69) is 21.6 Å². The van der Waals surface area contributed by atoms with Gasteiger partial charge in [-0.25, -0.2) is 0 Å². The normalized spacial score (nSPS) is 20.8. The lowest BCUT2D eigenvalue weighted by molar-refractivity contribution is -0.118. The molecule has 2 aromatic rings. The van der Waals surface area contributed by atoms with Crippen molar-refractivity contribution in [2.24, 2.45) is 10.2 Å². The number of nitrogens with zero attached hydrogens (tertiary/aromatic N) is 2. The SMILES string of the molecule is O=C(C[C@H]1S/C(=N\N=C/c2ccco2)NC1=O)c1cccc2c1CCCC2. The Hall–Kier alpha value is -2.67. The van der Waals surface area contributed by atoms with Gasteiger partial charge in [-0.05, 0) is 48.9 Å². The molecule has 0 radical (unpaired) electrons. The van der Waals surface area contributed by atoms with Crippen LogP contribution in [0.3, 0.4) is 0 Å². The molecule has 1 saturated heterocycles. The van der Waals surface area contributed by atoms with Crippen LogP contribution in [-0.4, -0.2) is 28.3 Å². The second-order valence-electron chi connectivity index (χ2n) is 6.54. The molecule has 1 aromatic heterocycles. The van der Waals surface area contributed by atoms with Crippen molar-refractivity contribution >= 4 is 34.8 Å². The highest BCUT2D eigenvalue weighted by Crippen LogP contribution is 2.28. The summed E-state index contributed by atoms with van der Waals surface area (Å²) in [7, 11) is 0. The van der Waals surface area contributed by atoms with Gasteiger partial charge in [0.1, 0.15) is 5.76 Å². The molecule has 2 aliphatic rings. The summed E-state index contributed by atoms with van der Waals surface area (Å²) in [4.78, 5) is 25.0. The van der Waals surface area contributed by atoms with Gasteiger partial charge >= 0.3 is 0 Å². The summed E-state index contributed by atoms with van der Waals surface area (Å²) in [5.41, 5.74) is 3.20. The average molecular weight is 381 g/mol. The summed E-state index contributed by atoms with van der Waals surface area (Å²) < 4.78 is 5.13. The molecule has 1 N–H and O–H groups in total. The number of amides is 1. The van der Waals surface area contributed by atoms with Crippen LogP contribution in [0.1, 0.15) is 46.5 Å². The minimum Gasteiger partial charge on any atom is -0.463 e. The molecule has 1 amide bonds. The number of nitrogens with one attached hydrogen (secondary N) is 1. The van der Waals surface area contributed by atoms with Gasteiger partial charge in [-0.3, -0.25) is 9.59 Å². The van der Waals surface area contributed by atoms with Gasteiger partial charge in [0.2, 0.25) is 5.91 Å². The molecule has 1 atom stereocenters. The number of fused-ring (bicyclic) bond motifs is 1. The molecule has 0 spiro atoms. The van der Waals surface area contributed by atoms with E-state index in [0.29, 0.717) is 10.9 Å². The number of ketones is 1. The highest BCUT2D eigenvalue weighted by atomic mass is 32.2. The fraction of sp³-hybridized carbons (Fsp3) is 0.300. The van der Waals surface area contributed by atoms with Gasteiger partial charge in [-0.2, -0.15) is 5.10 Å². The van der Waals surface area contributed by atoms with E-state index in [4.69, 9.17) is 4.42 Å². The molecule has 138 valence electrons. The van der Waals surface area contributed by atoms with Gasteiger partial charge in [0.25, 0.3) is 0 Å². The number of hydrogen-bond acceptors (Lipinski definition) is 6. The molecule has 0 saturated carbocycles. The number of hydrogen-bond donors (Lipinski definition) is 1. The molecule has 1 aliphatic carbocycles. The maximum atomic E-state index is 12.8. The number of Topliss-reactive ketones (excluding diaryl/α,β-unsaturated/α-hetero) is 1. The van der Waals surface area contributed by atoms with Crippen molar-refractivity contribution in [3.8, 4) is 0 Å². The number of furan rings is 1. The van der Waals surface area contributed by atoms with Crippen molar-refractivity contribution in [1.29, 1.82) is 0 Å². The number of aryl methyl sites for hydroxylation is 1. The van der Waals surface area contributed by atoms with Crippen LogP contribution >= 0.6 is 11.8 Å². The van der Waals surface area contributed by atoms with Gasteiger partial charge in [0.05, 0.1) is 17.7 Å². The monoisotopic (exact) mass is 381 g/mol. The number of carbonyl (C=O) groups excluding carboxylic acids is 2. The number of carbonyl (C=O) groups is 2. The lowest BCUT2D eigenvalue weighted by atomic mass is 9.86. The van der Waals surface area contributed by atoms with E-state index in [0.717, 1.165) is 30.4 Å². The van der Waals surface area contributed by atoms with Crippen LogP contribution in [-0.2, 0) is 17.6 Å². The molecule has 2 heterocycles. The maximum Gasteiger partial charge on any atom is 0.240 e. The molecule has 4 rings (SSSR count). The Kier molecular flexibility index (Phi) is 5.20. The van der Waals surface area contributed by atoms with E-state index in [1.54, 1.807) is 18.4 Å². The Morgan fingerprint density at radius 3 is 3.00 bits per heavy atom. The molecular formula is C20H19N3O3S. The second kappa shape index (κ2) is 7.92. The van der Waals surface area contributed by atoms with Gasteiger partial charge in [0, 0.05) is 12.0 Å². The molecule has 1 fully saturated rings. The quantitative estimate of drug-likeness (QED) is 0.489. The van der Waals surface area contributed by atoms with E-state index in [9.17, 15) is 9.59 Å². The molecular weight excluding hydrogens is 362 g/mol. The van der Waals surface area contributed by atoms with E-state index >= 15 is 0 Å². The Bertz CT molecular complexity index is 919. The van der Waals surface area contributed by atoms with Crippen molar-refractivity contribution in [3.05, 3.63) is 59.0 Å². The third kappa shape index (κ3) is 4.03. The lowest BCUT2D eigenvalue weighted by Gasteiger charge is -2.19. The Balaban J connectivity index is 1.42. The van der Waals surface area contributed by atoms with Crippen LogP contribution in [0.2, 0.25) is 0 Å². The molecule has 7 heteroatoms. The van der Waals surface area contributed by atoms with E-state index in [1.165, 1.54) is 30.0 Å². The van der Waals surface area contributed by atoms with E-state index in [-0.39, 0.29) is 18.1 Å². The predicted octanol–water partition coefficient (Wildman–Crippen LogP) is 3.35. The standard InChI is InChI=1S/C20H19N3O3S/c24-17(16-9-3-6-13-5-1-2-8-15(13)16)11-18-19(25)22-20(27-18)23-21-12-14-7-4-10-26-14/h3-4,6-7,9-10,12,18H,1-2,5,8,11H2,(H,22,23,25)/b21-12-/t18-/m1/s1. The van der Waals surface area contributed by atoms with Crippen molar-refractivity contribution < 1.29 is 14.0 Å². The Morgan fingerprint density at radius 1 is 1.26 bits per heavy atom. The topological polar surface area (TPSA) is 84.0 Å². The van der Waals surface area contributed by atoms with Crippen molar-refractivity contribution in [3.63, 3.8) is 0 Å². The Morgan fingerprint density at radius 2 is 2.15 bits per heavy atom. The van der Waals surface area contributed by atoms with Gasteiger partial charge < -0.3 is 9.73 Å². The summed E-state index contributed by atoms with van der Waals surface area (Å²) in [6.07, 6.45) is 7.42. The minimum atomic E-state index is -0.477. The molecule has 1 aliphatic heterocycles. The summed E-state index contributed by atoms with van der Waals surface area (Å²) >= 11 is 1.24. The van der Waals surface area contributed by atoms with Crippen LogP contribution in [0.25, 0.3) is 0 Å². The van der Waals surface area contributed by atoms with Crippen LogP contribution < -0.4 is 5.32 Å². The van der Waals surface area contributed by atoms with Gasteiger partial charge in [0.15, 0.2) is 11.0 Å². The molecule has 27 heavy (non-hydrogen) atoms. The Labute approximate surface area is 161 Å². The third-order valence-electron chi connectivity index (χ3n) is 4.72. The van der Waals surface area contributed by atoms with Crippen LogP contribution in [0.5, 0.6) is 0 Å². The molecule has 1 aromatic carbocycles. The first-order chi connectivity index (χ1) is 13.2. The van der Waals surface area contributed by atoms with E-state index < -0.39 is 5.25 Å². The smallest absolute Gasteiger partial charge is 0.240 e. The largest absolute Gasteiger partial charge is 0.463 e. The summed E-state index contributed by atoms with van der Waals surface area (Å²) in [5, 5.41) is 10.5. The zero-order valence-electron chi connectivity index (χ0n) is 14.7. The van der Waals surface area contributed by atoms with Crippen LogP contribution in [0, 0.1) is 0 Å². The fourth-order valence-electron chi connectivity index (χ4n) is 3.41. The van der Waals surface area contributed by atoms with Crippen molar-refractivity contribution in [1.82, 2.24) is 5.32 Å². The van der Waals surface area contributed by atoms with Crippen molar-refractivity contribution in [2.45, 2.75) is 37.4 Å². The molecule has 0 bridgehead atoms. The number of thioether (sulfide) groups is 1. The highest BCUT2D eigenvalue weighted by molar-refractivity contribution is 8.15. The number of amidine groups is 1. The molecule has 6 nitrogen and oxygen atoms in total. The van der Waals surface area contributed by atoms with Gasteiger partial charge in [-0.1, -0.05) is 30.0 Å². The predicted molar refractivity (Wildman–Crippen MR) is 105 cm³/mol. The number of benzene rings is 1.